The van der Waals surface area contributed by atoms with E-state index in [2.05, 4.69) is 15.7 Å². The van der Waals surface area contributed by atoms with Crippen LogP contribution in [0.2, 0.25) is 0 Å². The van der Waals surface area contributed by atoms with Crippen LogP contribution in [0.25, 0.3) is 0 Å². The number of rotatable bonds is 3. The summed E-state index contributed by atoms with van der Waals surface area (Å²) in [7, 11) is 0. The van der Waals surface area contributed by atoms with Crippen molar-refractivity contribution < 1.29 is 14.0 Å². The van der Waals surface area contributed by atoms with E-state index in [1.807, 2.05) is 4.68 Å². The van der Waals surface area contributed by atoms with Gasteiger partial charge in [0.15, 0.2) is 0 Å². The zero-order valence-corrected chi connectivity index (χ0v) is 13.7. The number of benzene rings is 1. The first-order valence-corrected chi connectivity index (χ1v) is 8.59. The van der Waals surface area contributed by atoms with Crippen molar-refractivity contribution in [2.45, 2.75) is 44.6 Å². The molecule has 2 aliphatic rings. The van der Waals surface area contributed by atoms with Crippen molar-refractivity contribution in [3.05, 3.63) is 41.3 Å². The maximum atomic E-state index is 14.4. The molecule has 1 fully saturated rings. The molecule has 7 heteroatoms. The van der Waals surface area contributed by atoms with E-state index >= 15 is 0 Å². The Hall–Kier alpha value is -2.70. The fraction of sp³-hybridized carbons (Fsp3) is 0.389. The van der Waals surface area contributed by atoms with E-state index in [1.54, 1.807) is 12.3 Å². The highest BCUT2D eigenvalue weighted by molar-refractivity contribution is 6.05. The average molecular weight is 342 g/mol. The van der Waals surface area contributed by atoms with Crippen LogP contribution >= 0.6 is 0 Å². The quantitative estimate of drug-likeness (QED) is 0.899. The van der Waals surface area contributed by atoms with Crippen molar-refractivity contribution >= 4 is 23.3 Å². The first-order valence-electron chi connectivity index (χ1n) is 8.59. The first kappa shape index (κ1) is 15.8. The summed E-state index contributed by atoms with van der Waals surface area (Å²) in [6, 6.07) is 4.76. The summed E-state index contributed by atoms with van der Waals surface area (Å²) in [6.07, 6.45) is 6.88. The van der Waals surface area contributed by atoms with Crippen molar-refractivity contribution in [3.8, 4) is 0 Å². The van der Waals surface area contributed by atoms with Crippen molar-refractivity contribution in [1.82, 2.24) is 9.78 Å². The van der Waals surface area contributed by atoms with Gasteiger partial charge in [0.2, 0.25) is 5.91 Å². The molecule has 0 spiro atoms. The Kier molecular flexibility index (Phi) is 3.99. The van der Waals surface area contributed by atoms with Gasteiger partial charge in [-0.1, -0.05) is 12.8 Å². The van der Waals surface area contributed by atoms with Crippen LogP contribution < -0.4 is 10.6 Å². The highest BCUT2D eigenvalue weighted by atomic mass is 19.1. The molecule has 1 saturated carbocycles. The predicted octanol–water partition coefficient (Wildman–Crippen LogP) is 3.27. The Bertz CT molecular complexity index is 840. The minimum Gasteiger partial charge on any atom is -0.326 e. The number of hydrogen-bond donors (Lipinski definition) is 2. The van der Waals surface area contributed by atoms with E-state index in [4.69, 9.17) is 0 Å². The molecular formula is C18H19FN4O2. The molecule has 2 amide bonds. The van der Waals surface area contributed by atoms with E-state index in [9.17, 15) is 14.0 Å². The molecule has 0 saturated heterocycles. The number of anilines is 2. The largest absolute Gasteiger partial charge is 0.326 e. The van der Waals surface area contributed by atoms with Crippen LogP contribution in [0.3, 0.4) is 0 Å². The van der Waals surface area contributed by atoms with Crippen LogP contribution in [-0.2, 0) is 11.2 Å². The Labute approximate surface area is 144 Å². The molecule has 0 radical (unpaired) electrons. The second kappa shape index (κ2) is 6.31. The Balaban J connectivity index is 1.58. The molecule has 1 aromatic heterocycles. The number of halogens is 1. The molecular weight excluding hydrogens is 323 g/mol. The molecule has 2 N–H and O–H groups in total. The molecule has 0 bridgehead atoms. The molecule has 130 valence electrons. The SMILES string of the molecule is O=C1CCc2cc(C(=O)Nc3ccnn3C3CCCC3)c(F)cc2N1. The van der Waals surface area contributed by atoms with Crippen molar-refractivity contribution in [2.24, 2.45) is 0 Å². The lowest BCUT2D eigenvalue weighted by Gasteiger charge is -2.18. The van der Waals surface area contributed by atoms with Gasteiger partial charge in [0.05, 0.1) is 17.8 Å². The minimum atomic E-state index is -0.648. The van der Waals surface area contributed by atoms with Crippen molar-refractivity contribution in [1.29, 1.82) is 0 Å². The van der Waals surface area contributed by atoms with Gasteiger partial charge in [-0.3, -0.25) is 9.59 Å². The normalized spacial score (nSPS) is 17.2. The van der Waals surface area contributed by atoms with E-state index in [0.717, 1.165) is 31.2 Å². The summed E-state index contributed by atoms with van der Waals surface area (Å²) >= 11 is 0. The number of nitrogens with zero attached hydrogens (tertiary/aromatic N) is 2. The zero-order valence-electron chi connectivity index (χ0n) is 13.7. The predicted molar refractivity (Wildman–Crippen MR) is 91.0 cm³/mol. The molecule has 4 rings (SSSR count). The second-order valence-corrected chi connectivity index (χ2v) is 6.59. The number of carbonyl (C=O) groups is 2. The topological polar surface area (TPSA) is 76.0 Å². The fourth-order valence-electron chi connectivity index (χ4n) is 3.61. The minimum absolute atomic E-state index is 0.0194. The highest BCUT2D eigenvalue weighted by Gasteiger charge is 2.23. The number of aromatic nitrogens is 2. The number of nitrogens with one attached hydrogen (secondary N) is 2. The van der Waals surface area contributed by atoms with E-state index < -0.39 is 11.7 Å². The molecule has 2 aromatic rings. The molecule has 0 atom stereocenters. The molecule has 0 unspecified atom stereocenters. The van der Waals surface area contributed by atoms with Gasteiger partial charge in [0.1, 0.15) is 11.6 Å². The monoisotopic (exact) mass is 342 g/mol. The lowest BCUT2D eigenvalue weighted by molar-refractivity contribution is -0.116. The summed E-state index contributed by atoms with van der Waals surface area (Å²) in [5.41, 5.74) is 1.20. The molecule has 1 aromatic carbocycles. The highest BCUT2D eigenvalue weighted by Crippen LogP contribution is 2.31. The van der Waals surface area contributed by atoms with Gasteiger partial charge in [0.25, 0.3) is 5.91 Å². The molecule has 1 aliphatic heterocycles. The molecule has 6 nitrogen and oxygen atoms in total. The van der Waals surface area contributed by atoms with E-state index in [0.29, 0.717) is 24.3 Å². The lowest BCUT2D eigenvalue weighted by atomic mass is 9.99. The summed E-state index contributed by atoms with van der Waals surface area (Å²) < 4.78 is 16.2. The molecule has 1 aliphatic carbocycles. The third-order valence-corrected chi connectivity index (χ3v) is 4.92. The fourth-order valence-corrected chi connectivity index (χ4v) is 3.61. The third kappa shape index (κ3) is 3.01. The van der Waals surface area contributed by atoms with Gasteiger partial charge in [-0.05, 0) is 37.0 Å². The smallest absolute Gasteiger partial charge is 0.259 e. The number of hydrogen-bond acceptors (Lipinski definition) is 3. The second-order valence-electron chi connectivity index (χ2n) is 6.59. The lowest BCUT2D eigenvalue weighted by Crippen LogP contribution is -2.22. The van der Waals surface area contributed by atoms with Crippen LogP contribution in [0.5, 0.6) is 0 Å². The first-order chi connectivity index (χ1) is 12.1. The van der Waals surface area contributed by atoms with E-state index in [1.165, 1.54) is 12.1 Å². The third-order valence-electron chi connectivity index (χ3n) is 4.92. The van der Waals surface area contributed by atoms with Gasteiger partial charge in [-0.2, -0.15) is 5.10 Å². The van der Waals surface area contributed by atoms with Gasteiger partial charge >= 0.3 is 0 Å². The van der Waals surface area contributed by atoms with Crippen LogP contribution in [0, 0.1) is 5.82 Å². The van der Waals surface area contributed by atoms with Crippen LogP contribution in [0.1, 0.15) is 54.1 Å². The van der Waals surface area contributed by atoms with Crippen molar-refractivity contribution in [3.63, 3.8) is 0 Å². The standard InChI is InChI=1S/C18H19FN4O2/c19-14-10-15-11(5-6-17(24)21-15)9-13(14)18(25)22-16-7-8-20-23(16)12-3-1-2-4-12/h7-10,12H,1-6H2,(H,21,24)(H,22,25). The summed E-state index contributed by atoms with van der Waals surface area (Å²) in [6.45, 7) is 0. The van der Waals surface area contributed by atoms with Gasteiger partial charge in [-0.15, -0.1) is 0 Å². The Morgan fingerprint density at radius 2 is 2.08 bits per heavy atom. The maximum Gasteiger partial charge on any atom is 0.259 e. The van der Waals surface area contributed by atoms with E-state index in [-0.39, 0.29) is 17.5 Å². The van der Waals surface area contributed by atoms with Crippen LogP contribution in [-0.4, -0.2) is 21.6 Å². The number of amides is 2. The molecule has 2 heterocycles. The van der Waals surface area contributed by atoms with Gasteiger partial charge in [-0.25, -0.2) is 9.07 Å². The number of fused-ring (bicyclic) bond motifs is 1. The maximum absolute atomic E-state index is 14.4. The van der Waals surface area contributed by atoms with Crippen LogP contribution in [0.4, 0.5) is 15.9 Å². The van der Waals surface area contributed by atoms with Gasteiger partial charge < -0.3 is 10.6 Å². The zero-order chi connectivity index (χ0) is 17.4. The van der Waals surface area contributed by atoms with Gasteiger partial charge in [0, 0.05) is 18.2 Å². The number of carbonyl (C=O) groups excluding carboxylic acids is 2. The Morgan fingerprint density at radius 1 is 1.28 bits per heavy atom. The summed E-state index contributed by atoms with van der Waals surface area (Å²) in [5, 5.41) is 9.71. The summed E-state index contributed by atoms with van der Waals surface area (Å²) in [5.74, 6) is -0.700. The Morgan fingerprint density at radius 3 is 2.88 bits per heavy atom. The van der Waals surface area contributed by atoms with Crippen molar-refractivity contribution in [2.75, 3.05) is 10.6 Å². The summed E-state index contributed by atoms with van der Waals surface area (Å²) in [4.78, 5) is 24.0. The molecule has 25 heavy (non-hydrogen) atoms. The average Bonchev–Trinajstić information content (AvgIpc) is 3.25. The number of aryl methyl sites for hydroxylation is 1. The van der Waals surface area contributed by atoms with Crippen LogP contribution in [0.15, 0.2) is 24.4 Å².